The van der Waals surface area contributed by atoms with E-state index in [9.17, 15) is 47.9 Å². The molecule has 22 heteroatoms. The molecule has 398 valence electrons. The van der Waals surface area contributed by atoms with Gasteiger partial charge in [0, 0.05) is 18.3 Å². The minimum absolute atomic E-state index is 0.0302. The lowest BCUT2D eigenvalue weighted by molar-refractivity contribution is -0.210. The van der Waals surface area contributed by atoms with E-state index < -0.39 is 128 Å². The van der Waals surface area contributed by atoms with Crippen LogP contribution in [0.15, 0.2) is 30.3 Å². The summed E-state index contributed by atoms with van der Waals surface area (Å²) in [6.07, 6.45) is 1.07. The molecule has 0 heterocycles. The van der Waals surface area contributed by atoms with E-state index in [-0.39, 0.29) is 72.6 Å². The molecular weight excluding hydrogens is 941 g/mol. The highest BCUT2D eigenvalue weighted by Gasteiger charge is 2.67. The Morgan fingerprint density at radius 3 is 1.78 bits per heavy atom. The fourth-order valence-electron chi connectivity index (χ4n) is 12.7. The van der Waals surface area contributed by atoms with Crippen molar-refractivity contribution in [2.75, 3.05) is 19.6 Å². The molecule has 22 nitrogen and oxygen atoms in total. The molecule has 1 aromatic carbocycles. The minimum Gasteiger partial charge on any atom is -0.481 e. The zero-order valence-corrected chi connectivity index (χ0v) is 41.2. The van der Waals surface area contributed by atoms with Crippen molar-refractivity contribution in [1.82, 2.24) is 16.0 Å². The van der Waals surface area contributed by atoms with Gasteiger partial charge in [-0.1, -0.05) is 51.1 Å². The second-order valence-corrected chi connectivity index (χ2v) is 20.8. The zero-order chi connectivity index (χ0) is 53.1. The number of amides is 3. The third-order valence-electron chi connectivity index (χ3n) is 16.2. The number of ether oxygens (including phenoxy) is 3. The van der Waals surface area contributed by atoms with E-state index in [1.165, 1.54) is 0 Å². The number of Topliss-reactive ketones (excluding diaryl/α,β-unsaturated/α-hetero) is 1. The Balaban J connectivity index is 1.43. The Bertz CT molecular complexity index is 2180. The first-order chi connectivity index (χ1) is 33.9. The number of ketones is 1. The Hall–Kier alpha value is -6.00. The first-order valence-electron chi connectivity index (χ1n) is 24.8. The molecule has 4 aliphatic rings. The maximum Gasteiger partial charge on any atom is 0.325 e. The van der Waals surface area contributed by atoms with Crippen LogP contribution in [-0.4, -0.2) is 125 Å². The first kappa shape index (κ1) is 56.9. The average molecular weight is 1010 g/mol. The second kappa shape index (κ2) is 25.1. The monoisotopic (exact) mass is 1010 g/mol. The predicted octanol–water partition coefficient (Wildman–Crippen LogP) is 1.18. The van der Waals surface area contributed by atoms with Gasteiger partial charge in [0.15, 0.2) is 5.78 Å². The topological polar surface area (TPSA) is 373 Å². The van der Waals surface area contributed by atoms with E-state index in [1.807, 2.05) is 30.3 Å². The van der Waals surface area contributed by atoms with Crippen LogP contribution < -0.4 is 33.2 Å². The fourth-order valence-corrected chi connectivity index (χ4v) is 12.7. The summed E-state index contributed by atoms with van der Waals surface area (Å²) in [5.74, 6) is -9.49. The number of esters is 3. The Kier molecular flexibility index (Phi) is 19.8. The van der Waals surface area contributed by atoms with Crippen LogP contribution in [0.4, 0.5) is 0 Å². The van der Waals surface area contributed by atoms with E-state index in [2.05, 4.69) is 36.7 Å². The Morgan fingerprint density at radius 1 is 0.681 bits per heavy atom. The first-order valence-corrected chi connectivity index (χ1v) is 24.8. The van der Waals surface area contributed by atoms with Crippen LogP contribution in [0.25, 0.3) is 0 Å². The van der Waals surface area contributed by atoms with Gasteiger partial charge >= 0.3 is 35.8 Å². The van der Waals surface area contributed by atoms with Crippen LogP contribution in [0, 0.1) is 52.3 Å². The summed E-state index contributed by atoms with van der Waals surface area (Å²) in [5, 5.41) is 34.5. The number of hydrogen-bond donors (Lipinski definition) is 9. The Morgan fingerprint density at radius 2 is 1.22 bits per heavy atom. The summed E-state index contributed by atoms with van der Waals surface area (Å²) in [6.45, 7) is 4.94. The summed E-state index contributed by atoms with van der Waals surface area (Å²) in [4.78, 5) is 125. The number of carbonyl (C=O) groups excluding carboxylic acids is 7. The van der Waals surface area contributed by atoms with E-state index in [1.54, 1.807) is 0 Å². The highest BCUT2D eigenvalue weighted by Crippen LogP contribution is 2.70. The maximum absolute atomic E-state index is 14.0. The highest BCUT2D eigenvalue weighted by molar-refractivity contribution is 5.91. The van der Waals surface area contributed by atoms with Crippen LogP contribution in [0.2, 0.25) is 0 Å². The summed E-state index contributed by atoms with van der Waals surface area (Å²) < 4.78 is 17.9. The SMILES string of the molecule is C[C@H](CCC(=O)OCc1ccccc1)[C@H]1CC[C@H]2[C@@H]3[C@H](CC(=O)CNC(=O)[C@@H](N)CC(=O)O)C[C@@H]4C[C@H](OC(=O)CNC(=O)[C@@H](N)CC(=O)O)CC[C@]4(C)[C@H]3C[C@H](OC(=O)CNC(=O)[C@@H](N)CC(=O)O)[C@]12C. The van der Waals surface area contributed by atoms with Crippen molar-refractivity contribution in [3.8, 4) is 0 Å². The van der Waals surface area contributed by atoms with Gasteiger partial charge in [0.1, 0.15) is 31.9 Å². The van der Waals surface area contributed by atoms with Crippen molar-refractivity contribution in [2.45, 2.75) is 141 Å². The number of fused-ring (bicyclic) bond motifs is 5. The van der Waals surface area contributed by atoms with Crippen molar-refractivity contribution in [2.24, 2.45) is 69.5 Å². The maximum atomic E-state index is 14.0. The number of benzene rings is 1. The molecule has 0 bridgehead atoms. The number of rotatable bonds is 25. The van der Waals surface area contributed by atoms with Gasteiger partial charge in [-0.05, 0) is 104 Å². The average Bonchev–Trinajstić information content (AvgIpc) is 3.68. The Labute approximate surface area is 417 Å². The predicted molar refractivity (Wildman–Crippen MR) is 253 cm³/mol. The molecule has 0 radical (unpaired) electrons. The number of nitrogens with two attached hydrogens (primary N) is 3. The van der Waals surface area contributed by atoms with Crippen molar-refractivity contribution in [3.05, 3.63) is 35.9 Å². The molecule has 0 saturated heterocycles. The standard InChI is InChI=1S/C50H72N6O16/c1-26(9-12-42(64)70-25-27-7-5-4-6-8-27)32-10-11-33-45-28(16-30(57)22-54-46(67)35(51)19-39(58)59)15-29-17-31(71-43(65)23-55-47(68)36(52)20-40(60)61)13-14-49(29,2)34(45)18-38(50(32,33)3)72-44(66)24-56-48(69)37(53)21-41(62)63/h4-8,26,28-29,31-38,45H,9-25,51-53H2,1-3H3,(H,54,67)(H,55,68)(H,56,69)(H,58,59)(H,60,61)(H,62,63)/t26-,28+,29-,31-,32-,33+,34+,35+,36+,37+,38+,45+,49+,50-/m1/s1. The van der Waals surface area contributed by atoms with Gasteiger partial charge in [-0.3, -0.25) is 47.9 Å². The number of nitrogens with one attached hydrogen (secondary N) is 3. The molecule has 14 atom stereocenters. The lowest BCUT2D eigenvalue weighted by Crippen LogP contribution is -2.62. The summed E-state index contributed by atoms with van der Waals surface area (Å²) in [5.41, 5.74) is 16.9. The molecule has 1 aromatic rings. The van der Waals surface area contributed by atoms with Gasteiger partial charge in [-0.2, -0.15) is 0 Å². The molecule has 4 saturated carbocycles. The van der Waals surface area contributed by atoms with Crippen LogP contribution in [-0.2, 0) is 68.8 Å². The molecule has 3 amide bonds. The molecule has 4 fully saturated rings. The number of hydrogen-bond acceptors (Lipinski definition) is 16. The lowest BCUT2D eigenvalue weighted by Gasteiger charge is -2.65. The minimum atomic E-state index is -1.41. The van der Waals surface area contributed by atoms with E-state index in [4.69, 9.17) is 46.7 Å². The third-order valence-corrected chi connectivity index (χ3v) is 16.2. The van der Waals surface area contributed by atoms with Gasteiger partial charge in [0.25, 0.3) is 0 Å². The van der Waals surface area contributed by atoms with Gasteiger partial charge < -0.3 is 62.7 Å². The molecule has 5 rings (SSSR count). The van der Waals surface area contributed by atoms with E-state index in [0.29, 0.717) is 51.4 Å². The normalized spacial score (nSPS) is 28.9. The van der Waals surface area contributed by atoms with Crippen molar-refractivity contribution in [1.29, 1.82) is 0 Å². The molecular formula is C50H72N6O16. The quantitative estimate of drug-likeness (QED) is 0.0490. The molecule has 0 spiro atoms. The number of aliphatic carboxylic acids is 3. The van der Waals surface area contributed by atoms with Gasteiger partial charge in [0.05, 0.1) is 43.9 Å². The van der Waals surface area contributed by atoms with Crippen LogP contribution in [0.1, 0.15) is 110 Å². The van der Waals surface area contributed by atoms with Gasteiger partial charge in [0.2, 0.25) is 17.7 Å². The van der Waals surface area contributed by atoms with Crippen molar-refractivity contribution in [3.63, 3.8) is 0 Å². The highest BCUT2D eigenvalue weighted by atomic mass is 16.6. The summed E-state index contributed by atoms with van der Waals surface area (Å²) >= 11 is 0. The number of carboxylic acid groups (broad SMARTS) is 3. The lowest BCUT2D eigenvalue weighted by atomic mass is 9.41. The van der Waals surface area contributed by atoms with Crippen LogP contribution >= 0.6 is 0 Å². The fraction of sp³-hybridized carbons (Fsp3) is 0.680. The number of carbonyl (C=O) groups is 10. The van der Waals surface area contributed by atoms with E-state index in [0.717, 1.165) is 5.56 Å². The largest absolute Gasteiger partial charge is 0.481 e. The van der Waals surface area contributed by atoms with E-state index >= 15 is 0 Å². The molecule has 0 aliphatic heterocycles. The van der Waals surface area contributed by atoms with Crippen LogP contribution in [0.5, 0.6) is 0 Å². The van der Waals surface area contributed by atoms with Crippen molar-refractivity contribution >= 4 is 59.3 Å². The third kappa shape index (κ3) is 14.6. The number of carboxylic acids is 3. The van der Waals surface area contributed by atoms with Gasteiger partial charge in [-0.25, -0.2) is 0 Å². The summed E-state index contributed by atoms with van der Waals surface area (Å²) in [6, 6.07) is 5.16. The zero-order valence-electron chi connectivity index (χ0n) is 41.2. The smallest absolute Gasteiger partial charge is 0.325 e. The molecule has 0 unspecified atom stereocenters. The van der Waals surface area contributed by atoms with Crippen molar-refractivity contribution < 1.29 is 77.5 Å². The second-order valence-electron chi connectivity index (χ2n) is 20.8. The molecule has 72 heavy (non-hydrogen) atoms. The van der Waals surface area contributed by atoms with Crippen LogP contribution in [0.3, 0.4) is 0 Å². The molecule has 12 N–H and O–H groups in total. The molecule has 0 aromatic heterocycles. The summed E-state index contributed by atoms with van der Waals surface area (Å²) in [7, 11) is 0. The molecule has 4 aliphatic carbocycles. The van der Waals surface area contributed by atoms with Gasteiger partial charge in [-0.15, -0.1) is 0 Å².